The number of benzene rings is 1. The van der Waals surface area contributed by atoms with Gasteiger partial charge in [0.1, 0.15) is 5.75 Å². The number of carbonyl (C=O) groups excluding carboxylic acids is 2. The summed E-state index contributed by atoms with van der Waals surface area (Å²) in [7, 11) is -2.18. The third-order valence-corrected chi connectivity index (χ3v) is 5.76. The van der Waals surface area contributed by atoms with E-state index in [0.29, 0.717) is 37.6 Å². The minimum Gasteiger partial charge on any atom is -0.497 e. The molecular formula is C17H25N3O5S. The van der Waals surface area contributed by atoms with Crippen molar-refractivity contribution in [1.82, 2.24) is 9.80 Å². The van der Waals surface area contributed by atoms with Gasteiger partial charge in [-0.05, 0) is 12.1 Å². The number of hydrogen-bond donors (Lipinski definition) is 1. The molecule has 1 aliphatic heterocycles. The highest BCUT2D eigenvalue weighted by atomic mass is 32.2. The normalized spacial score (nSPS) is 16.1. The van der Waals surface area contributed by atoms with Crippen LogP contribution in [0.25, 0.3) is 0 Å². The largest absolute Gasteiger partial charge is 0.497 e. The molecule has 9 heteroatoms. The molecule has 1 fully saturated rings. The smallest absolute Gasteiger partial charge is 0.233 e. The average Bonchev–Trinajstić information content (AvgIpc) is 2.60. The number of sulfonamides is 1. The first-order valence-electron chi connectivity index (χ1n) is 8.40. The van der Waals surface area contributed by atoms with Crippen LogP contribution >= 0.6 is 0 Å². The van der Waals surface area contributed by atoms with E-state index in [9.17, 15) is 18.0 Å². The van der Waals surface area contributed by atoms with Gasteiger partial charge in [0.25, 0.3) is 0 Å². The van der Waals surface area contributed by atoms with Crippen LogP contribution in [0.3, 0.4) is 0 Å². The second-order valence-electron chi connectivity index (χ2n) is 6.35. The summed E-state index contributed by atoms with van der Waals surface area (Å²) in [6.07, 6.45) is 0. The van der Waals surface area contributed by atoms with E-state index < -0.39 is 15.9 Å². The topological polar surface area (TPSA) is 96.0 Å². The minimum absolute atomic E-state index is 0.0183. The fraction of sp³-hybridized carbons (Fsp3) is 0.529. The van der Waals surface area contributed by atoms with Crippen molar-refractivity contribution in [2.24, 2.45) is 5.92 Å². The SMILES string of the molecule is COc1cccc(NS(=O)(=O)CC(C)C(=O)N2CCN(C(C)=O)CC2)c1. The zero-order valence-corrected chi connectivity index (χ0v) is 16.1. The Bertz CT molecular complexity index is 757. The number of anilines is 1. The Morgan fingerprint density at radius 1 is 1.19 bits per heavy atom. The number of methoxy groups -OCH3 is 1. The highest BCUT2D eigenvalue weighted by Gasteiger charge is 2.28. The van der Waals surface area contributed by atoms with Gasteiger partial charge in [0.2, 0.25) is 21.8 Å². The molecular weight excluding hydrogens is 358 g/mol. The molecule has 8 nitrogen and oxygen atoms in total. The van der Waals surface area contributed by atoms with Crippen molar-refractivity contribution < 1.29 is 22.7 Å². The van der Waals surface area contributed by atoms with Crippen molar-refractivity contribution in [3.8, 4) is 5.75 Å². The summed E-state index contributed by atoms with van der Waals surface area (Å²) in [4.78, 5) is 27.1. The molecule has 2 amide bonds. The molecule has 1 aliphatic rings. The molecule has 0 radical (unpaired) electrons. The summed E-state index contributed by atoms with van der Waals surface area (Å²) in [5.41, 5.74) is 0.388. The van der Waals surface area contributed by atoms with Crippen LogP contribution < -0.4 is 9.46 Å². The van der Waals surface area contributed by atoms with Crippen LogP contribution in [-0.4, -0.2) is 69.1 Å². The summed E-state index contributed by atoms with van der Waals surface area (Å²) in [6.45, 7) is 4.89. The Hall–Kier alpha value is -2.29. The Kier molecular flexibility index (Phi) is 6.47. The quantitative estimate of drug-likeness (QED) is 0.783. The lowest BCUT2D eigenvalue weighted by Crippen LogP contribution is -2.51. The Morgan fingerprint density at radius 3 is 2.38 bits per heavy atom. The van der Waals surface area contributed by atoms with E-state index in [-0.39, 0.29) is 17.6 Å². The molecule has 2 rings (SSSR count). The highest BCUT2D eigenvalue weighted by molar-refractivity contribution is 7.92. The lowest BCUT2D eigenvalue weighted by atomic mass is 10.1. The molecule has 1 heterocycles. The first-order chi connectivity index (χ1) is 12.2. The van der Waals surface area contributed by atoms with Crippen LogP contribution in [0.2, 0.25) is 0 Å². The summed E-state index contributed by atoms with van der Waals surface area (Å²) >= 11 is 0. The predicted octanol–water partition coefficient (Wildman–Crippen LogP) is 0.764. The van der Waals surface area contributed by atoms with Gasteiger partial charge in [-0.1, -0.05) is 13.0 Å². The zero-order valence-electron chi connectivity index (χ0n) is 15.3. The molecule has 0 spiro atoms. The summed E-state index contributed by atoms with van der Waals surface area (Å²) in [5.74, 6) is -0.685. The van der Waals surface area contributed by atoms with Crippen molar-refractivity contribution >= 4 is 27.5 Å². The standard InChI is InChI=1S/C17H25N3O5S/c1-13(17(22)20-9-7-19(8-10-20)14(2)21)12-26(23,24)18-15-5-4-6-16(11-15)25-3/h4-6,11,13,18H,7-10,12H2,1-3H3. The second kappa shape index (κ2) is 8.39. The maximum absolute atomic E-state index is 12.5. The monoisotopic (exact) mass is 383 g/mol. The van der Waals surface area contributed by atoms with Gasteiger partial charge >= 0.3 is 0 Å². The van der Waals surface area contributed by atoms with Crippen molar-refractivity contribution in [3.05, 3.63) is 24.3 Å². The lowest BCUT2D eigenvalue weighted by molar-refractivity contribution is -0.140. The maximum atomic E-state index is 12.5. The first-order valence-corrected chi connectivity index (χ1v) is 10.1. The number of nitrogens with one attached hydrogen (secondary N) is 1. The fourth-order valence-electron chi connectivity index (χ4n) is 2.86. The van der Waals surface area contributed by atoms with Crippen LogP contribution in [0.15, 0.2) is 24.3 Å². The number of hydrogen-bond acceptors (Lipinski definition) is 5. The number of ether oxygens (including phenoxy) is 1. The van der Waals surface area contributed by atoms with E-state index in [1.807, 2.05) is 0 Å². The van der Waals surface area contributed by atoms with E-state index in [0.717, 1.165) is 0 Å². The van der Waals surface area contributed by atoms with Gasteiger partial charge in [0.05, 0.1) is 24.5 Å². The van der Waals surface area contributed by atoms with E-state index in [1.54, 1.807) is 41.0 Å². The Labute approximate surface area is 154 Å². The van der Waals surface area contributed by atoms with E-state index in [2.05, 4.69) is 4.72 Å². The maximum Gasteiger partial charge on any atom is 0.233 e. The average molecular weight is 383 g/mol. The molecule has 144 valence electrons. The third-order valence-electron chi connectivity index (χ3n) is 4.27. The Balaban J connectivity index is 1.93. The molecule has 0 aromatic heterocycles. The van der Waals surface area contributed by atoms with Crippen LogP contribution in [0.1, 0.15) is 13.8 Å². The molecule has 26 heavy (non-hydrogen) atoms. The molecule has 1 aromatic carbocycles. The van der Waals surface area contributed by atoms with Gasteiger partial charge in [-0.3, -0.25) is 14.3 Å². The lowest BCUT2D eigenvalue weighted by Gasteiger charge is -2.35. The molecule has 1 N–H and O–H groups in total. The van der Waals surface area contributed by atoms with Gasteiger partial charge in [0, 0.05) is 39.2 Å². The van der Waals surface area contributed by atoms with Crippen molar-refractivity contribution in [2.75, 3.05) is 43.8 Å². The summed E-state index contributed by atoms with van der Waals surface area (Å²) in [5, 5.41) is 0. The summed E-state index contributed by atoms with van der Waals surface area (Å²) < 4.78 is 32.3. The van der Waals surface area contributed by atoms with Gasteiger partial charge in [-0.2, -0.15) is 0 Å². The molecule has 0 bridgehead atoms. The fourth-order valence-corrected chi connectivity index (χ4v) is 4.23. The number of piperazine rings is 1. The highest BCUT2D eigenvalue weighted by Crippen LogP contribution is 2.19. The van der Waals surface area contributed by atoms with E-state index in [1.165, 1.54) is 14.0 Å². The Morgan fingerprint density at radius 2 is 1.81 bits per heavy atom. The molecule has 0 aliphatic carbocycles. The van der Waals surface area contributed by atoms with Crippen LogP contribution in [0.4, 0.5) is 5.69 Å². The molecule has 1 saturated heterocycles. The van der Waals surface area contributed by atoms with Crippen LogP contribution in [0.5, 0.6) is 5.75 Å². The molecule has 0 saturated carbocycles. The van der Waals surface area contributed by atoms with Crippen LogP contribution in [-0.2, 0) is 19.6 Å². The van der Waals surface area contributed by atoms with Gasteiger partial charge < -0.3 is 14.5 Å². The summed E-state index contributed by atoms with van der Waals surface area (Å²) in [6, 6.07) is 6.59. The predicted molar refractivity (Wildman–Crippen MR) is 98.4 cm³/mol. The van der Waals surface area contributed by atoms with Crippen molar-refractivity contribution in [1.29, 1.82) is 0 Å². The number of carbonyl (C=O) groups is 2. The van der Waals surface area contributed by atoms with Crippen molar-refractivity contribution in [2.45, 2.75) is 13.8 Å². The van der Waals surface area contributed by atoms with Gasteiger partial charge in [0.15, 0.2) is 0 Å². The third kappa shape index (κ3) is 5.35. The number of rotatable bonds is 6. The molecule has 1 atom stereocenters. The van der Waals surface area contributed by atoms with E-state index in [4.69, 9.17) is 4.74 Å². The zero-order chi connectivity index (χ0) is 19.3. The van der Waals surface area contributed by atoms with Gasteiger partial charge in [-0.15, -0.1) is 0 Å². The van der Waals surface area contributed by atoms with Crippen molar-refractivity contribution in [3.63, 3.8) is 0 Å². The minimum atomic E-state index is -3.68. The van der Waals surface area contributed by atoms with E-state index >= 15 is 0 Å². The molecule has 1 aromatic rings. The number of nitrogens with zero attached hydrogens (tertiary/aromatic N) is 2. The van der Waals surface area contributed by atoms with Crippen LogP contribution in [0, 0.1) is 5.92 Å². The first kappa shape index (κ1) is 20.0. The van der Waals surface area contributed by atoms with Gasteiger partial charge in [-0.25, -0.2) is 8.42 Å². The molecule has 1 unspecified atom stereocenters. The second-order valence-corrected chi connectivity index (χ2v) is 8.11. The number of amides is 2.